The van der Waals surface area contributed by atoms with Gasteiger partial charge in [-0.1, -0.05) is 19.1 Å². The number of carbonyl (C=O) groups excluding carboxylic acids is 1. The maximum absolute atomic E-state index is 12.9. The molecule has 4 rings (SSSR count). The summed E-state index contributed by atoms with van der Waals surface area (Å²) < 4.78 is 5.76. The van der Waals surface area contributed by atoms with Gasteiger partial charge in [-0.3, -0.25) is 14.5 Å². The van der Waals surface area contributed by atoms with Gasteiger partial charge >= 0.3 is 0 Å². The van der Waals surface area contributed by atoms with Crippen molar-refractivity contribution >= 4 is 16.8 Å². The first-order valence-corrected chi connectivity index (χ1v) is 9.78. The van der Waals surface area contributed by atoms with E-state index in [1.54, 1.807) is 6.07 Å². The summed E-state index contributed by atoms with van der Waals surface area (Å²) in [6.07, 6.45) is 0.439. The van der Waals surface area contributed by atoms with Crippen LogP contribution in [0.2, 0.25) is 0 Å². The molecule has 0 spiro atoms. The fourth-order valence-corrected chi connectivity index (χ4v) is 4.00. The molecule has 2 saturated heterocycles. The van der Waals surface area contributed by atoms with Crippen LogP contribution in [0.1, 0.15) is 19.2 Å². The Morgan fingerprint density at radius 2 is 2.21 bits per heavy atom. The lowest BCUT2D eigenvalue weighted by Gasteiger charge is -2.34. The predicted molar refractivity (Wildman–Crippen MR) is 106 cm³/mol. The second-order valence-electron chi connectivity index (χ2n) is 8.15. The van der Waals surface area contributed by atoms with E-state index in [1.165, 1.54) is 0 Å². The van der Waals surface area contributed by atoms with Crippen LogP contribution in [0.4, 0.5) is 0 Å². The number of hydrogen-bond acceptors (Lipinski definition) is 6. The lowest BCUT2D eigenvalue weighted by molar-refractivity contribution is -0.149. The molecule has 3 heterocycles. The number of aromatic nitrogens is 2. The van der Waals surface area contributed by atoms with Gasteiger partial charge in [-0.05, 0) is 30.5 Å². The Kier molecular flexibility index (Phi) is 5.18. The molecule has 2 fully saturated rings. The Labute approximate surface area is 163 Å². The highest BCUT2D eigenvalue weighted by molar-refractivity contribution is 5.81. The van der Waals surface area contributed by atoms with Crippen LogP contribution in [-0.2, 0) is 16.1 Å². The zero-order valence-electron chi connectivity index (χ0n) is 16.2. The quantitative estimate of drug-likeness (QED) is 0.786. The van der Waals surface area contributed by atoms with Crippen LogP contribution < -0.4 is 11.3 Å². The van der Waals surface area contributed by atoms with Gasteiger partial charge in [-0.15, -0.1) is 0 Å². The average Bonchev–Trinajstić information content (AvgIpc) is 3.10. The first-order chi connectivity index (χ1) is 13.5. The van der Waals surface area contributed by atoms with E-state index >= 15 is 0 Å². The van der Waals surface area contributed by atoms with Gasteiger partial charge in [0.05, 0.1) is 24.1 Å². The lowest BCUT2D eigenvalue weighted by Crippen LogP contribution is -2.50. The molecule has 3 N–H and O–H groups in total. The molecular formula is C20H27N5O3. The van der Waals surface area contributed by atoms with Gasteiger partial charge in [0, 0.05) is 26.2 Å². The third kappa shape index (κ3) is 3.80. The Morgan fingerprint density at radius 3 is 3.00 bits per heavy atom. The zero-order valence-corrected chi connectivity index (χ0v) is 16.2. The van der Waals surface area contributed by atoms with Gasteiger partial charge in [0.1, 0.15) is 11.9 Å². The molecule has 8 nitrogen and oxygen atoms in total. The average molecular weight is 385 g/mol. The molecule has 150 valence electrons. The number of rotatable bonds is 4. The molecule has 2 aliphatic rings. The first-order valence-electron chi connectivity index (χ1n) is 9.78. The number of nitrogens with two attached hydrogens (primary N) is 1. The normalized spacial score (nSPS) is 26.1. The highest BCUT2D eigenvalue weighted by atomic mass is 16.5. The fourth-order valence-electron chi connectivity index (χ4n) is 4.00. The summed E-state index contributed by atoms with van der Waals surface area (Å²) >= 11 is 0. The molecule has 0 bridgehead atoms. The second-order valence-corrected chi connectivity index (χ2v) is 8.15. The molecule has 1 aromatic heterocycles. The molecule has 2 aromatic rings. The number of H-pyrrole nitrogens is 1. The van der Waals surface area contributed by atoms with Gasteiger partial charge in [0.2, 0.25) is 0 Å². The van der Waals surface area contributed by atoms with Crippen molar-refractivity contribution in [3.05, 3.63) is 40.4 Å². The van der Waals surface area contributed by atoms with E-state index in [0.29, 0.717) is 56.1 Å². The van der Waals surface area contributed by atoms with Gasteiger partial charge < -0.3 is 20.4 Å². The van der Waals surface area contributed by atoms with Crippen LogP contribution in [0.5, 0.6) is 0 Å². The van der Waals surface area contributed by atoms with Crippen LogP contribution in [-0.4, -0.2) is 71.1 Å². The Bertz CT molecular complexity index is 929. The minimum atomic E-state index is -0.485. The number of amides is 1. The van der Waals surface area contributed by atoms with Crippen molar-refractivity contribution < 1.29 is 9.53 Å². The number of fused-ring (bicyclic) bond motifs is 1. The van der Waals surface area contributed by atoms with Crippen molar-refractivity contribution in [3.8, 4) is 0 Å². The number of aromatic amines is 1. The Hall–Kier alpha value is -2.29. The van der Waals surface area contributed by atoms with E-state index in [0.717, 1.165) is 13.0 Å². The van der Waals surface area contributed by atoms with Crippen LogP contribution in [0.15, 0.2) is 29.1 Å². The van der Waals surface area contributed by atoms with Crippen LogP contribution in [0.25, 0.3) is 10.9 Å². The summed E-state index contributed by atoms with van der Waals surface area (Å²) in [4.78, 5) is 36.6. The third-order valence-electron chi connectivity index (χ3n) is 5.82. The largest absolute Gasteiger partial charge is 0.366 e. The molecule has 1 aromatic carbocycles. The number of carbonyl (C=O) groups is 1. The maximum atomic E-state index is 12.9. The molecule has 1 amide bonds. The summed E-state index contributed by atoms with van der Waals surface area (Å²) in [5, 5.41) is 0.582. The summed E-state index contributed by atoms with van der Waals surface area (Å²) in [6, 6.07) is 7.29. The molecule has 2 atom stereocenters. The molecule has 8 heteroatoms. The number of nitrogens with one attached hydrogen (secondary N) is 1. The summed E-state index contributed by atoms with van der Waals surface area (Å²) in [6.45, 7) is 6.26. The highest BCUT2D eigenvalue weighted by Crippen LogP contribution is 2.29. The van der Waals surface area contributed by atoms with E-state index in [4.69, 9.17) is 10.5 Å². The van der Waals surface area contributed by atoms with Crippen LogP contribution in [0, 0.1) is 5.41 Å². The van der Waals surface area contributed by atoms with Crippen molar-refractivity contribution in [3.63, 3.8) is 0 Å². The van der Waals surface area contributed by atoms with Crippen molar-refractivity contribution in [2.24, 2.45) is 11.1 Å². The van der Waals surface area contributed by atoms with E-state index in [-0.39, 0.29) is 16.9 Å². The minimum Gasteiger partial charge on any atom is -0.366 e. The van der Waals surface area contributed by atoms with E-state index in [9.17, 15) is 9.59 Å². The zero-order chi connectivity index (χ0) is 19.7. The van der Waals surface area contributed by atoms with E-state index < -0.39 is 6.10 Å². The Balaban J connectivity index is 1.43. The summed E-state index contributed by atoms with van der Waals surface area (Å²) in [5.41, 5.74) is 6.40. The van der Waals surface area contributed by atoms with Gasteiger partial charge in [-0.2, -0.15) is 0 Å². The summed E-state index contributed by atoms with van der Waals surface area (Å²) in [5.74, 6) is 0.635. The van der Waals surface area contributed by atoms with Crippen molar-refractivity contribution in [2.45, 2.75) is 26.0 Å². The van der Waals surface area contributed by atoms with Crippen molar-refractivity contribution in [1.82, 2.24) is 19.8 Å². The minimum absolute atomic E-state index is 0.00147. The molecule has 2 unspecified atom stereocenters. The maximum Gasteiger partial charge on any atom is 0.258 e. The molecule has 0 aliphatic carbocycles. The number of likely N-dealkylation sites (tertiary alicyclic amines) is 1. The number of hydrogen-bond donors (Lipinski definition) is 2. The molecule has 0 saturated carbocycles. The number of ether oxygens (including phenoxy) is 1. The SMILES string of the molecule is CC1(CN)CCN(C(=O)C2CN(Cc3nc4ccccc4c(=O)[nH]3)CCO2)C1. The van der Waals surface area contributed by atoms with Crippen molar-refractivity contribution in [1.29, 1.82) is 0 Å². The predicted octanol–water partition coefficient (Wildman–Crippen LogP) is 0.321. The first kappa shape index (κ1) is 19.0. The molecular weight excluding hydrogens is 358 g/mol. The number of nitrogens with zero attached hydrogens (tertiary/aromatic N) is 3. The smallest absolute Gasteiger partial charge is 0.258 e. The third-order valence-corrected chi connectivity index (χ3v) is 5.82. The van der Waals surface area contributed by atoms with E-state index in [1.807, 2.05) is 23.1 Å². The van der Waals surface area contributed by atoms with Crippen LogP contribution in [0.3, 0.4) is 0 Å². The molecule has 28 heavy (non-hydrogen) atoms. The van der Waals surface area contributed by atoms with E-state index in [2.05, 4.69) is 21.8 Å². The molecule has 2 aliphatic heterocycles. The van der Waals surface area contributed by atoms with Gasteiger partial charge in [-0.25, -0.2) is 4.98 Å². The van der Waals surface area contributed by atoms with Crippen molar-refractivity contribution in [2.75, 3.05) is 39.3 Å². The van der Waals surface area contributed by atoms with Gasteiger partial charge in [0.15, 0.2) is 0 Å². The monoisotopic (exact) mass is 385 g/mol. The van der Waals surface area contributed by atoms with Crippen LogP contribution >= 0.6 is 0 Å². The number of para-hydroxylation sites is 1. The molecule has 0 radical (unpaired) electrons. The lowest BCUT2D eigenvalue weighted by atomic mass is 9.90. The topological polar surface area (TPSA) is 105 Å². The second kappa shape index (κ2) is 7.62. The highest BCUT2D eigenvalue weighted by Gasteiger charge is 2.38. The number of morpholine rings is 1. The van der Waals surface area contributed by atoms with Gasteiger partial charge in [0.25, 0.3) is 11.5 Å². The standard InChI is InChI=1S/C20H27N5O3/c1-20(12-21)6-7-25(13-20)19(27)16-10-24(8-9-28-16)11-17-22-15-5-3-2-4-14(15)18(26)23-17/h2-5,16H,6-13,21H2,1H3,(H,22,23,26). The number of benzene rings is 1. The Morgan fingerprint density at radius 1 is 1.39 bits per heavy atom. The summed E-state index contributed by atoms with van der Waals surface area (Å²) in [7, 11) is 0. The fraction of sp³-hybridized carbons (Fsp3) is 0.550.